The Bertz CT molecular complexity index is 459. The van der Waals surface area contributed by atoms with Crippen LogP contribution in [0.3, 0.4) is 0 Å². The number of hydrogen-bond acceptors (Lipinski definition) is 4. The van der Waals surface area contributed by atoms with Gasteiger partial charge in [0.25, 0.3) is 0 Å². The molecule has 0 heterocycles. The van der Waals surface area contributed by atoms with E-state index in [9.17, 15) is 14.4 Å². The third kappa shape index (κ3) is 5.35. The summed E-state index contributed by atoms with van der Waals surface area (Å²) in [5.74, 6) is -0.489. The molecule has 0 fully saturated rings. The van der Waals surface area contributed by atoms with Gasteiger partial charge in [-0.05, 0) is 24.3 Å². The van der Waals surface area contributed by atoms with Crippen LogP contribution in [0.15, 0.2) is 29.2 Å². The smallest absolute Gasteiger partial charge is 0.318 e. The number of hydrogen-bond donors (Lipinski definition) is 3. The summed E-state index contributed by atoms with van der Waals surface area (Å²) >= 11 is 1.27. The molecule has 0 unspecified atom stereocenters. The van der Waals surface area contributed by atoms with Crippen molar-refractivity contribution in [1.82, 2.24) is 5.32 Å². The molecular weight excluding hydrogens is 254 g/mol. The second-order valence-electron chi connectivity index (χ2n) is 3.41. The highest BCUT2D eigenvalue weighted by molar-refractivity contribution is 8.00. The summed E-state index contributed by atoms with van der Waals surface area (Å²) in [7, 11) is 0. The van der Waals surface area contributed by atoms with Gasteiger partial charge in [-0.3, -0.25) is 14.9 Å². The number of primary amides is 1. The second-order valence-corrected chi connectivity index (χ2v) is 4.46. The summed E-state index contributed by atoms with van der Waals surface area (Å²) in [6.45, 7) is 1.43. The van der Waals surface area contributed by atoms with Gasteiger partial charge in [0.05, 0.1) is 5.75 Å². The second kappa shape index (κ2) is 6.65. The molecule has 1 aromatic rings. The summed E-state index contributed by atoms with van der Waals surface area (Å²) in [6.07, 6.45) is 0. The summed E-state index contributed by atoms with van der Waals surface area (Å²) in [5, 5.41) is 4.61. The van der Waals surface area contributed by atoms with E-state index in [1.54, 1.807) is 24.3 Å². The van der Waals surface area contributed by atoms with Crippen LogP contribution >= 0.6 is 11.8 Å². The first-order chi connectivity index (χ1) is 8.47. The molecular formula is C11H13N3O3S. The van der Waals surface area contributed by atoms with E-state index in [2.05, 4.69) is 5.32 Å². The number of urea groups is 1. The van der Waals surface area contributed by atoms with Crippen LogP contribution in [0.4, 0.5) is 10.5 Å². The maximum Gasteiger partial charge on any atom is 0.318 e. The maximum absolute atomic E-state index is 11.1. The molecule has 18 heavy (non-hydrogen) atoms. The Hall–Kier alpha value is -2.02. The van der Waals surface area contributed by atoms with Crippen LogP contribution < -0.4 is 16.4 Å². The Kier molecular flexibility index (Phi) is 5.19. The van der Waals surface area contributed by atoms with Crippen molar-refractivity contribution >= 4 is 35.3 Å². The lowest BCUT2D eigenvalue weighted by Gasteiger charge is -2.04. The zero-order valence-electron chi connectivity index (χ0n) is 9.73. The Morgan fingerprint density at radius 3 is 2.33 bits per heavy atom. The van der Waals surface area contributed by atoms with Crippen LogP contribution in [0, 0.1) is 0 Å². The Morgan fingerprint density at radius 1 is 1.22 bits per heavy atom. The first-order valence-electron chi connectivity index (χ1n) is 5.07. The molecule has 0 spiro atoms. The quantitative estimate of drug-likeness (QED) is 0.706. The first-order valence-corrected chi connectivity index (χ1v) is 6.05. The lowest BCUT2D eigenvalue weighted by Crippen LogP contribution is -2.36. The van der Waals surface area contributed by atoms with Crippen LogP contribution in [0.1, 0.15) is 6.92 Å². The summed E-state index contributed by atoms with van der Waals surface area (Å²) < 4.78 is 0. The predicted octanol–water partition coefficient (Wildman–Crippen LogP) is 0.932. The molecule has 1 rings (SSSR count). The van der Waals surface area contributed by atoms with Gasteiger partial charge in [0.1, 0.15) is 0 Å². The number of nitrogens with two attached hydrogens (primary N) is 1. The van der Waals surface area contributed by atoms with Crippen molar-refractivity contribution in [2.75, 3.05) is 11.1 Å². The number of carbonyl (C=O) groups excluding carboxylic acids is 3. The van der Waals surface area contributed by atoms with E-state index < -0.39 is 11.9 Å². The van der Waals surface area contributed by atoms with Crippen molar-refractivity contribution < 1.29 is 14.4 Å². The standard InChI is InChI=1S/C11H13N3O3S/c1-7(15)13-8-2-4-9(5-3-8)18-6-10(16)14-11(12)17/h2-5H,6H2,1H3,(H,13,15)(H3,12,14,16,17). The van der Waals surface area contributed by atoms with Gasteiger partial charge >= 0.3 is 6.03 Å². The normalized spacial score (nSPS) is 9.61. The minimum atomic E-state index is -0.860. The summed E-state index contributed by atoms with van der Waals surface area (Å²) in [5.41, 5.74) is 5.50. The van der Waals surface area contributed by atoms with Gasteiger partial charge in [-0.2, -0.15) is 0 Å². The van der Waals surface area contributed by atoms with Gasteiger partial charge in [-0.15, -0.1) is 11.8 Å². The highest BCUT2D eigenvalue weighted by Crippen LogP contribution is 2.19. The van der Waals surface area contributed by atoms with E-state index in [4.69, 9.17) is 5.73 Å². The van der Waals surface area contributed by atoms with Crippen molar-refractivity contribution in [3.05, 3.63) is 24.3 Å². The molecule has 0 bridgehead atoms. The van der Waals surface area contributed by atoms with Gasteiger partial charge in [0.2, 0.25) is 11.8 Å². The minimum Gasteiger partial charge on any atom is -0.351 e. The van der Waals surface area contributed by atoms with Crippen molar-refractivity contribution in [2.45, 2.75) is 11.8 Å². The highest BCUT2D eigenvalue weighted by Gasteiger charge is 2.05. The Labute approximate surface area is 108 Å². The van der Waals surface area contributed by atoms with E-state index in [0.717, 1.165) is 4.90 Å². The van der Waals surface area contributed by atoms with Gasteiger partial charge in [0, 0.05) is 17.5 Å². The SMILES string of the molecule is CC(=O)Nc1ccc(SCC(=O)NC(N)=O)cc1. The fourth-order valence-corrected chi connectivity index (χ4v) is 1.86. The number of nitrogens with one attached hydrogen (secondary N) is 2. The lowest BCUT2D eigenvalue weighted by atomic mass is 10.3. The summed E-state index contributed by atoms with van der Waals surface area (Å²) in [6, 6.07) is 6.15. The van der Waals surface area contributed by atoms with Gasteiger partial charge in [-0.25, -0.2) is 4.79 Å². The van der Waals surface area contributed by atoms with E-state index in [1.165, 1.54) is 18.7 Å². The van der Waals surface area contributed by atoms with Crippen LogP contribution in [-0.2, 0) is 9.59 Å². The van der Waals surface area contributed by atoms with E-state index in [0.29, 0.717) is 5.69 Å². The number of rotatable bonds is 4. The van der Waals surface area contributed by atoms with Gasteiger partial charge in [0.15, 0.2) is 0 Å². The molecule has 96 valence electrons. The molecule has 4 N–H and O–H groups in total. The zero-order valence-corrected chi connectivity index (χ0v) is 10.5. The number of anilines is 1. The number of carbonyl (C=O) groups is 3. The third-order valence-electron chi connectivity index (χ3n) is 1.81. The van der Waals surface area contributed by atoms with Crippen molar-refractivity contribution in [2.24, 2.45) is 5.73 Å². The summed E-state index contributed by atoms with van der Waals surface area (Å²) in [4.78, 5) is 33.2. The van der Waals surface area contributed by atoms with Crippen molar-refractivity contribution in [1.29, 1.82) is 0 Å². The molecule has 0 radical (unpaired) electrons. The van der Waals surface area contributed by atoms with E-state index >= 15 is 0 Å². The average molecular weight is 267 g/mol. The monoisotopic (exact) mass is 267 g/mol. The zero-order chi connectivity index (χ0) is 13.5. The average Bonchev–Trinajstić information content (AvgIpc) is 2.26. The first kappa shape index (κ1) is 14.0. The number of thioether (sulfide) groups is 1. The number of amides is 4. The molecule has 0 aromatic heterocycles. The molecule has 6 nitrogen and oxygen atoms in total. The Morgan fingerprint density at radius 2 is 1.83 bits per heavy atom. The van der Waals surface area contributed by atoms with E-state index in [-0.39, 0.29) is 11.7 Å². The maximum atomic E-state index is 11.1. The number of benzene rings is 1. The minimum absolute atomic E-state index is 0.0996. The van der Waals surface area contributed by atoms with E-state index in [1.807, 2.05) is 5.32 Å². The van der Waals surface area contributed by atoms with Crippen LogP contribution in [0.25, 0.3) is 0 Å². The van der Waals surface area contributed by atoms with Crippen LogP contribution in [0.5, 0.6) is 0 Å². The number of imide groups is 1. The van der Waals surface area contributed by atoms with Gasteiger partial charge < -0.3 is 11.1 Å². The molecule has 4 amide bonds. The molecule has 0 saturated heterocycles. The Balaban J connectivity index is 2.46. The van der Waals surface area contributed by atoms with Crippen LogP contribution in [0.2, 0.25) is 0 Å². The lowest BCUT2D eigenvalue weighted by molar-refractivity contribution is -0.117. The topological polar surface area (TPSA) is 101 Å². The van der Waals surface area contributed by atoms with Crippen LogP contribution in [-0.4, -0.2) is 23.6 Å². The van der Waals surface area contributed by atoms with Crippen molar-refractivity contribution in [3.63, 3.8) is 0 Å². The van der Waals surface area contributed by atoms with Crippen molar-refractivity contribution in [3.8, 4) is 0 Å². The molecule has 0 atom stereocenters. The molecule has 0 aliphatic carbocycles. The fraction of sp³-hybridized carbons (Fsp3) is 0.182. The molecule has 1 aromatic carbocycles. The molecule has 0 saturated carbocycles. The fourth-order valence-electron chi connectivity index (χ4n) is 1.16. The molecule has 7 heteroatoms. The largest absolute Gasteiger partial charge is 0.351 e. The highest BCUT2D eigenvalue weighted by atomic mass is 32.2. The predicted molar refractivity (Wildman–Crippen MR) is 69.2 cm³/mol. The molecule has 0 aliphatic heterocycles. The third-order valence-corrected chi connectivity index (χ3v) is 2.82. The van der Waals surface area contributed by atoms with Gasteiger partial charge in [-0.1, -0.05) is 0 Å². The molecule has 0 aliphatic rings.